The van der Waals surface area contributed by atoms with Gasteiger partial charge in [0, 0.05) is 25.0 Å². The molecule has 5 nitrogen and oxygen atoms in total. The van der Waals surface area contributed by atoms with Gasteiger partial charge in [-0.25, -0.2) is 4.98 Å². The van der Waals surface area contributed by atoms with Gasteiger partial charge in [-0.2, -0.15) is 0 Å². The zero-order chi connectivity index (χ0) is 19.1. The quantitative estimate of drug-likeness (QED) is 0.650. The Morgan fingerprint density at radius 3 is 2.52 bits per heavy atom. The Bertz CT molecular complexity index is 857. The number of nitrogens with one attached hydrogen (secondary N) is 1. The zero-order valence-corrected chi connectivity index (χ0v) is 15.8. The summed E-state index contributed by atoms with van der Waals surface area (Å²) in [5.74, 6) is 1.48. The Kier molecular flexibility index (Phi) is 6.26. The summed E-state index contributed by atoms with van der Waals surface area (Å²) in [6, 6.07) is 17.3. The van der Waals surface area contributed by atoms with Crippen LogP contribution in [-0.2, 0) is 13.7 Å². The molecule has 1 N–H and O–H groups in total. The molecular formula is C22H25N3O2. The Morgan fingerprint density at radius 2 is 1.89 bits per heavy atom. The summed E-state index contributed by atoms with van der Waals surface area (Å²) in [6.45, 7) is 2.51. The van der Waals surface area contributed by atoms with Crippen LogP contribution in [0.2, 0.25) is 0 Å². The number of imidazole rings is 1. The molecule has 3 aromatic rings. The smallest absolute Gasteiger partial charge is 0.251 e. The van der Waals surface area contributed by atoms with Gasteiger partial charge in [0.15, 0.2) is 0 Å². The first-order valence-electron chi connectivity index (χ1n) is 9.22. The van der Waals surface area contributed by atoms with E-state index in [1.165, 1.54) is 0 Å². The predicted octanol–water partition coefficient (Wildman–Crippen LogP) is 4.27. The van der Waals surface area contributed by atoms with E-state index in [0.717, 1.165) is 24.2 Å². The fourth-order valence-corrected chi connectivity index (χ4v) is 2.92. The van der Waals surface area contributed by atoms with E-state index >= 15 is 0 Å². The number of carbonyl (C=O) groups excluding carboxylic acids is 1. The first-order valence-corrected chi connectivity index (χ1v) is 9.22. The van der Waals surface area contributed by atoms with Gasteiger partial charge in [-0.3, -0.25) is 4.79 Å². The van der Waals surface area contributed by atoms with Crippen molar-refractivity contribution in [2.24, 2.45) is 7.05 Å². The standard InChI is InChI=1S/C22H25N3O2/c1-3-7-20(17-8-5-4-6-9-17)24-22(26)18-10-12-19(13-11-18)27-16-21-23-14-15-25(21)2/h4-6,8-15,20H,3,7,16H2,1-2H3,(H,24,26)/t20-/m1/s1. The molecule has 0 bridgehead atoms. The molecule has 0 aliphatic rings. The lowest BCUT2D eigenvalue weighted by Crippen LogP contribution is -2.28. The molecule has 0 unspecified atom stereocenters. The third kappa shape index (κ3) is 4.97. The third-order valence-electron chi connectivity index (χ3n) is 4.49. The number of nitrogens with zero attached hydrogens (tertiary/aromatic N) is 2. The molecule has 0 spiro atoms. The minimum absolute atomic E-state index is 0.0167. The second-order valence-corrected chi connectivity index (χ2v) is 6.49. The Morgan fingerprint density at radius 1 is 1.15 bits per heavy atom. The van der Waals surface area contributed by atoms with Gasteiger partial charge < -0.3 is 14.6 Å². The molecule has 27 heavy (non-hydrogen) atoms. The van der Waals surface area contributed by atoms with Crippen LogP contribution in [0.25, 0.3) is 0 Å². The highest BCUT2D eigenvalue weighted by Gasteiger charge is 2.15. The Balaban J connectivity index is 1.61. The molecule has 0 saturated carbocycles. The molecular weight excluding hydrogens is 338 g/mol. The number of aryl methyl sites for hydroxylation is 1. The molecule has 0 aliphatic carbocycles. The third-order valence-corrected chi connectivity index (χ3v) is 4.49. The van der Waals surface area contributed by atoms with E-state index in [1.807, 2.05) is 48.1 Å². The highest BCUT2D eigenvalue weighted by atomic mass is 16.5. The number of benzene rings is 2. The molecule has 1 amide bonds. The van der Waals surface area contributed by atoms with Gasteiger partial charge in [0.25, 0.3) is 5.91 Å². The van der Waals surface area contributed by atoms with E-state index in [0.29, 0.717) is 17.9 Å². The number of amides is 1. The molecule has 3 rings (SSSR count). The summed E-state index contributed by atoms with van der Waals surface area (Å²) in [7, 11) is 1.93. The topological polar surface area (TPSA) is 56.1 Å². The van der Waals surface area contributed by atoms with Crippen molar-refractivity contribution in [3.63, 3.8) is 0 Å². The van der Waals surface area contributed by atoms with Gasteiger partial charge in [0.1, 0.15) is 18.2 Å². The number of hydrogen-bond acceptors (Lipinski definition) is 3. The van der Waals surface area contributed by atoms with Gasteiger partial charge in [0.05, 0.1) is 6.04 Å². The number of carbonyl (C=O) groups is 1. The van der Waals surface area contributed by atoms with Crippen LogP contribution in [0.4, 0.5) is 0 Å². The average molecular weight is 363 g/mol. The van der Waals surface area contributed by atoms with E-state index in [4.69, 9.17) is 4.74 Å². The fraction of sp³-hybridized carbons (Fsp3) is 0.273. The molecule has 0 radical (unpaired) electrons. The van der Waals surface area contributed by atoms with Crippen LogP contribution in [-0.4, -0.2) is 15.5 Å². The van der Waals surface area contributed by atoms with Gasteiger partial charge in [0.2, 0.25) is 0 Å². The van der Waals surface area contributed by atoms with Crippen LogP contribution in [0.5, 0.6) is 5.75 Å². The maximum Gasteiger partial charge on any atom is 0.251 e. The molecule has 5 heteroatoms. The predicted molar refractivity (Wildman–Crippen MR) is 106 cm³/mol. The SMILES string of the molecule is CCC[C@@H](NC(=O)c1ccc(OCc2nccn2C)cc1)c1ccccc1. The van der Waals surface area contributed by atoms with E-state index in [-0.39, 0.29) is 11.9 Å². The van der Waals surface area contributed by atoms with E-state index in [1.54, 1.807) is 18.3 Å². The number of rotatable bonds is 8. The second kappa shape index (κ2) is 9.03. The number of hydrogen-bond donors (Lipinski definition) is 1. The monoisotopic (exact) mass is 363 g/mol. The minimum Gasteiger partial charge on any atom is -0.486 e. The highest BCUT2D eigenvalue weighted by molar-refractivity contribution is 5.94. The van der Waals surface area contributed by atoms with Crippen molar-refractivity contribution in [1.82, 2.24) is 14.9 Å². The molecule has 1 aromatic heterocycles. The molecule has 2 aromatic carbocycles. The van der Waals surface area contributed by atoms with Crippen molar-refractivity contribution in [2.45, 2.75) is 32.4 Å². The van der Waals surface area contributed by atoms with Crippen molar-refractivity contribution in [2.75, 3.05) is 0 Å². The first-order chi connectivity index (χ1) is 13.2. The van der Waals surface area contributed by atoms with E-state index in [9.17, 15) is 4.79 Å². The minimum atomic E-state index is -0.0760. The summed E-state index contributed by atoms with van der Waals surface area (Å²) < 4.78 is 7.66. The molecule has 1 heterocycles. The maximum atomic E-state index is 12.6. The number of aromatic nitrogens is 2. The lowest BCUT2D eigenvalue weighted by Gasteiger charge is -2.18. The second-order valence-electron chi connectivity index (χ2n) is 6.49. The van der Waals surface area contributed by atoms with Crippen molar-refractivity contribution in [3.05, 3.63) is 83.9 Å². The van der Waals surface area contributed by atoms with Gasteiger partial charge in [-0.1, -0.05) is 43.7 Å². The van der Waals surface area contributed by atoms with Crippen LogP contribution in [0.1, 0.15) is 47.6 Å². The summed E-state index contributed by atoms with van der Waals surface area (Å²) in [6.07, 6.45) is 5.53. The van der Waals surface area contributed by atoms with Crippen LogP contribution in [0, 0.1) is 0 Å². The molecule has 1 atom stereocenters. The molecule has 0 fully saturated rings. The van der Waals surface area contributed by atoms with Crippen molar-refractivity contribution < 1.29 is 9.53 Å². The Labute approximate surface area is 160 Å². The van der Waals surface area contributed by atoms with Gasteiger partial charge in [-0.15, -0.1) is 0 Å². The lowest BCUT2D eigenvalue weighted by molar-refractivity contribution is 0.0934. The van der Waals surface area contributed by atoms with E-state index < -0.39 is 0 Å². The molecule has 140 valence electrons. The van der Waals surface area contributed by atoms with Crippen LogP contribution >= 0.6 is 0 Å². The lowest BCUT2D eigenvalue weighted by atomic mass is 10.0. The zero-order valence-electron chi connectivity index (χ0n) is 15.8. The fourth-order valence-electron chi connectivity index (χ4n) is 2.92. The van der Waals surface area contributed by atoms with Crippen molar-refractivity contribution in [3.8, 4) is 5.75 Å². The molecule has 0 saturated heterocycles. The van der Waals surface area contributed by atoms with Crippen LogP contribution in [0.3, 0.4) is 0 Å². The normalized spacial score (nSPS) is 11.8. The van der Waals surface area contributed by atoms with Gasteiger partial charge in [-0.05, 0) is 36.2 Å². The molecule has 0 aliphatic heterocycles. The van der Waals surface area contributed by atoms with E-state index in [2.05, 4.69) is 29.4 Å². The number of ether oxygens (including phenoxy) is 1. The Hall–Kier alpha value is -3.08. The van der Waals surface area contributed by atoms with Crippen LogP contribution in [0.15, 0.2) is 67.0 Å². The van der Waals surface area contributed by atoms with Gasteiger partial charge >= 0.3 is 0 Å². The summed E-state index contributed by atoms with van der Waals surface area (Å²) in [5.41, 5.74) is 1.75. The highest BCUT2D eigenvalue weighted by Crippen LogP contribution is 2.20. The average Bonchev–Trinajstić information content (AvgIpc) is 3.12. The summed E-state index contributed by atoms with van der Waals surface area (Å²) >= 11 is 0. The van der Waals surface area contributed by atoms with Crippen LogP contribution < -0.4 is 10.1 Å². The van der Waals surface area contributed by atoms with Crippen molar-refractivity contribution in [1.29, 1.82) is 0 Å². The maximum absolute atomic E-state index is 12.6. The first kappa shape index (κ1) is 18.7. The largest absolute Gasteiger partial charge is 0.486 e. The van der Waals surface area contributed by atoms with Crippen molar-refractivity contribution >= 4 is 5.91 Å². The summed E-state index contributed by atoms with van der Waals surface area (Å²) in [4.78, 5) is 16.9. The summed E-state index contributed by atoms with van der Waals surface area (Å²) in [5, 5.41) is 3.14.